The van der Waals surface area contributed by atoms with Crippen molar-refractivity contribution in [3.63, 3.8) is 0 Å². The first-order valence-corrected chi connectivity index (χ1v) is 8.24. The number of methoxy groups -OCH3 is 1. The molecule has 1 aromatic carbocycles. The molecule has 7 heteroatoms. The van der Waals surface area contributed by atoms with Crippen molar-refractivity contribution in [1.82, 2.24) is 10.0 Å². The molecular formula is C14H22N2O4S. The zero-order valence-electron chi connectivity index (χ0n) is 12.5. The van der Waals surface area contributed by atoms with Crippen molar-refractivity contribution in [1.29, 1.82) is 0 Å². The van der Waals surface area contributed by atoms with Crippen LogP contribution in [-0.4, -0.2) is 40.6 Å². The Morgan fingerprint density at radius 3 is 2.67 bits per heavy atom. The highest BCUT2D eigenvalue weighted by atomic mass is 32.2. The Bertz CT molecular complexity index is 570. The van der Waals surface area contributed by atoms with Gasteiger partial charge in [-0.05, 0) is 38.5 Å². The number of hydrogen-bond donors (Lipinski definition) is 2. The summed E-state index contributed by atoms with van der Waals surface area (Å²) in [6.07, 6.45) is 0.704. The van der Waals surface area contributed by atoms with Gasteiger partial charge in [-0.25, -0.2) is 13.1 Å². The van der Waals surface area contributed by atoms with Crippen LogP contribution in [0.5, 0.6) is 0 Å². The molecule has 118 valence electrons. The highest BCUT2D eigenvalue weighted by Gasteiger charge is 2.17. The molecule has 0 aliphatic heterocycles. The van der Waals surface area contributed by atoms with Crippen molar-refractivity contribution >= 4 is 15.9 Å². The monoisotopic (exact) mass is 314 g/mol. The number of ether oxygens (including phenoxy) is 1. The second-order valence-corrected chi connectivity index (χ2v) is 6.62. The summed E-state index contributed by atoms with van der Waals surface area (Å²) in [5, 5.41) is 2.72. The first kappa shape index (κ1) is 17.6. The summed E-state index contributed by atoms with van der Waals surface area (Å²) >= 11 is 0. The lowest BCUT2D eigenvalue weighted by molar-refractivity contribution is 0.0948. The van der Waals surface area contributed by atoms with Crippen molar-refractivity contribution in [2.24, 2.45) is 0 Å². The van der Waals surface area contributed by atoms with Gasteiger partial charge < -0.3 is 10.1 Å². The lowest BCUT2D eigenvalue weighted by Gasteiger charge is -2.11. The molecule has 0 aliphatic rings. The molecule has 0 bridgehead atoms. The Balaban J connectivity index is 2.78. The minimum Gasteiger partial charge on any atom is -0.385 e. The largest absolute Gasteiger partial charge is 0.385 e. The van der Waals surface area contributed by atoms with Crippen LogP contribution in [0.15, 0.2) is 29.2 Å². The maximum Gasteiger partial charge on any atom is 0.251 e. The minimum atomic E-state index is -3.59. The van der Waals surface area contributed by atoms with Gasteiger partial charge in [0.05, 0.1) is 4.90 Å². The van der Waals surface area contributed by atoms with Gasteiger partial charge >= 0.3 is 0 Å². The van der Waals surface area contributed by atoms with E-state index in [-0.39, 0.29) is 16.8 Å². The Hall–Kier alpha value is -1.44. The Morgan fingerprint density at radius 1 is 1.33 bits per heavy atom. The molecule has 0 aromatic heterocycles. The third-order valence-corrected chi connectivity index (χ3v) is 4.26. The number of nitrogens with one attached hydrogen (secondary N) is 2. The standard InChI is InChI=1S/C14H22N2O4S/c1-11(2)16-21(18,19)13-7-4-6-12(10-13)14(17)15-8-5-9-20-3/h4,6-7,10-11,16H,5,8-9H2,1-3H3,(H,15,17). The molecular weight excluding hydrogens is 292 g/mol. The number of benzene rings is 1. The van der Waals surface area contributed by atoms with Crippen molar-refractivity contribution in [2.75, 3.05) is 20.3 Å². The van der Waals surface area contributed by atoms with Crippen LogP contribution in [0.4, 0.5) is 0 Å². The molecule has 0 fully saturated rings. The Morgan fingerprint density at radius 2 is 2.05 bits per heavy atom. The topological polar surface area (TPSA) is 84.5 Å². The summed E-state index contributed by atoms with van der Waals surface area (Å²) in [6.45, 7) is 4.52. The van der Waals surface area contributed by atoms with E-state index in [9.17, 15) is 13.2 Å². The molecule has 21 heavy (non-hydrogen) atoms. The summed E-state index contributed by atoms with van der Waals surface area (Å²) in [5.41, 5.74) is 0.319. The van der Waals surface area contributed by atoms with E-state index < -0.39 is 10.0 Å². The van der Waals surface area contributed by atoms with Gasteiger partial charge in [-0.3, -0.25) is 4.79 Å². The molecule has 0 saturated heterocycles. The van der Waals surface area contributed by atoms with E-state index in [1.54, 1.807) is 33.1 Å². The number of carbonyl (C=O) groups is 1. The van der Waals surface area contributed by atoms with Crippen LogP contribution in [0, 0.1) is 0 Å². The summed E-state index contributed by atoms with van der Waals surface area (Å²) < 4.78 is 31.5. The van der Waals surface area contributed by atoms with Crippen molar-refractivity contribution < 1.29 is 17.9 Å². The number of hydrogen-bond acceptors (Lipinski definition) is 4. The molecule has 0 atom stereocenters. The van der Waals surface area contributed by atoms with E-state index >= 15 is 0 Å². The molecule has 1 aromatic rings. The fraction of sp³-hybridized carbons (Fsp3) is 0.500. The van der Waals surface area contributed by atoms with Gasteiger partial charge in [0.2, 0.25) is 10.0 Å². The van der Waals surface area contributed by atoms with Gasteiger partial charge in [-0.1, -0.05) is 6.07 Å². The molecule has 0 saturated carbocycles. The molecule has 0 unspecified atom stereocenters. The molecule has 0 heterocycles. The normalized spacial score (nSPS) is 11.6. The van der Waals surface area contributed by atoms with Crippen LogP contribution in [0.3, 0.4) is 0 Å². The fourth-order valence-electron chi connectivity index (χ4n) is 1.70. The summed E-state index contributed by atoms with van der Waals surface area (Å²) in [5.74, 6) is -0.298. The minimum absolute atomic E-state index is 0.0840. The van der Waals surface area contributed by atoms with Crippen molar-refractivity contribution in [3.8, 4) is 0 Å². The van der Waals surface area contributed by atoms with Gasteiger partial charge in [0.25, 0.3) is 5.91 Å². The summed E-state index contributed by atoms with van der Waals surface area (Å²) in [7, 11) is -2.00. The van der Waals surface area contributed by atoms with Gasteiger partial charge in [0, 0.05) is 31.9 Å². The lowest BCUT2D eigenvalue weighted by atomic mass is 10.2. The van der Waals surface area contributed by atoms with Crippen molar-refractivity contribution in [2.45, 2.75) is 31.2 Å². The fourth-order valence-corrected chi connectivity index (χ4v) is 3.00. The van der Waals surface area contributed by atoms with Crippen LogP contribution in [0.25, 0.3) is 0 Å². The van der Waals surface area contributed by atoms with E-state index in [1.807, 2.05) is 0 Å². The molecule has 1 rings (SSSR count). The Labute approximate surface area is 125 Å². The maximum atomic E-state index is 12.1. The molecule has 2 N–H and O–H groups in total. The van der Waals surface area contributed by atoms with Gasteiger partial charge in [0.1, 0.15) is 0 Å². The number of amides is 1. The predicted octanol–water partition coefficient (Wildman–Crippen LogP) is 1.14. The number of sulfonamides is 1. The molecule has 0 radical (unpaired) electrons. The number of rotatable bonds is 8. The highest BCUT2D eigenvalue weighted by molar-refractivity contribution is 7.89. The lowest BCUT2D eigenvalue weighted by Crippen LogP contribution is -2.30. The molecule has 6 nitrogen and oxygen atoms in total. The van der Waals surface area contributed by atoms with E-state index in [0.29, 0.717) is 25.1 Å². The van der Waals surface area contributed by atoms with Crippen LogP contribution < -0.4 is 10.0 Å². The van der Waals surface area contributed by atoms with E-state index in [2.05, 4.69) is 10.0 Å². The first-order chi connectivity index (χ1) is 9.86. The highest BCUT2D eigenvalue weighted by Crippen LogP contribution is 2.12. The predicted molar refractivity (Wildman–Crippen MR) is 80.7 cm³/mol. The van der Waals surface area contributed by atoms with Crippen LogP contribution in [-0.2, 0) is 14.8 Å². The summed E-state index contributed by atoms with van der Waals surface area (Å²) in [4.78, 5) is 12.0. The van der Waals surface area contributed by atoms with E-state index in [4.69, 9.17) is 4.74 Å². The van der Waals surface area contributed by atoms with Crippen molar-refractivity contribution in [3.05, 3.63) is 29.8 Å². The van der Waals surface area contributed by atoms with Gasteiger partial charge in [-0.2, -0.15) is 0 Å². The SMILES string of the molecule is COCCCNC(=O)c1cccc(S(=O)(=O)NC(C)C)c1. The van der Waals surface area contributed by atoms with Crippen LogP contribution in [0.1, 0.15) is 30.6 Å². The second-order valence-electron chi connectivity index (χ2n) is 4.91. The Kier molecular flexibility index (Phi) is 6.80. The zero-order valence-corrected chi connectivity index (χ0v) is 13.4. The molecule has 0 spiro atoms. The zero-order chi connectivity index (χ0) is 15.9. The second kappa shape index (κ2) is 8.11. The third-order valence-electron chi connectivity index (χ3n) is 2.61. The van der Waals surface area contributed by atoms with E-state index in [1.165, 1.54) is 12.1 Å². The third kappa shape index (κ3) is 5.82. The van der Waals surface area contributed by atoms with Gasteiger partial charge in [0.15, 0.2) is 0 Å². The number of carbonyl (C=O) groups excluding carboxylic acids is 1. The molecule has 1 amide bonds. The first-order valence-electron chi connectivity index (χ1n) is 6.76. The van der Waals surface area contributed by atoms with Crippen LogP contribution >= 0.6 is 0 Å². The quantitative estimate of drug-likeness (QED) is 0.705. The van der Waals surface area contributed by atoms with E-state index in [0.717, 1.165) is 0 Å². The average Bonchev–Trinajstić information content (AvgIpc) is 2.42. The summed E-state index contributed by atoms with van der Waals surface area (Å²) in [6, 6.07) is 5.77. The van der Waals surface area contributed by atoms with Gasteiger partial charge in [-0.15, -0.1) is 0 Å². The van der Waals surface area contributed by atoms with Crippen LogP contribution in [0.2, 0.25) is 0 Å². The maximum absolute atomic E-state index is 12.1. The average molecular weight is 314 g/mol. The smallest absolute Gasteiger partial charge is 0.251 e. The molecule has 0 aliphatic carbocycles.